The third-order valence-corrected chi connectivity index (χ3v) is 4.94. The summed E-state index contributed by atoms with van der Waals surface area (Å²) in [6, 6.07) is 0. The molecule has 2 unspecified atom stereocenters. The fraction of sp³-hybridized carbons (Fsp3) is 0.667. The van der Waals surface area contributed by atoms with Crippen LogP contribution in [0.15, 0.2) is 6.33 Å². The van der Waals surface area contributed by atoms with E-state index >= 15 is 0 Å². The lowest BCUT2D eigenvalue weighted by Crippen LogP contribution is -2.37. The number of esters is 1. The van der Waals surface area contributed by atoms with E-state index in [2.05, 4.69) is 9.97 Å². The average molecular weight is 293 g/mol. The van der Waals surface area contributed by atoms with Gasteiger partial charge in [0.2, 0.25) is 0 Å². The van der Waals surface area contributed by atoms with Crippen LogP contribution in [-0.4, -0.2) is 36.1 Å². The molecule has 2 fully saturated rings. The van der Waals surface area contributed by atoms with Crippen LogP contribution >= 0.6 is 0 Å². The first-order valence-electron chi connectivity index (χ1n) is 7.45. The zero-order valence-corrected chi connectivity index (χ0v) is 12.4. The van der Waals surface area contributed by atoms with Crippen molar-refractivity contribution in [2.24, 2.45) is 11.3 Å². The van der Waals surface area contributed by atoms with Gasteiger partial charge in [0.05, 0.1) is 18.2 Å². The molecule has 0 radical (unpaired) electrons. The summed E-state index contributed by atoms with van der Waals surface area (Å²) in [4.78, 5) is 22.2. The van der Waals surface area contributed by atoms with Gasteiger partial charge in [0.1, 0.15) is 6.33 Å². The van der Waals surface area contributed by atoms with Crippen molar-refractivity contribution in [1.29, 1.82) is 0 Å². The molecule has 114 valence electrons. The molecular formula is C15H20FN3O2. The van der Waals surface area contributed by atoms with E-state index < -0.39 is 5.41 Å². The molecule has 0 N–H and O–H groups in total. The van der Waals surface area contributed by atoms with E-state index in [9.17, 15) is 9.18 Å². The van der Waals surface area contributed by atoms with Gasteiger partial charge in [0, 0.05) is 13.1 Å². The maximum absolute atomic E-state index is 14.4. The monoisotopic (exact) mass is 293 g/mol. The van der Waals surface area contributed by atoms with Crippen LogP contribution in [-0.2, 0) is 16.0 Å². The van der Waals surface area contributed by atoms with Crippen LogP contribution in [0.5, 0.6) is 0 Å². The minimum absolute atomic E-state index is 0.169. The molecule has 1 aliphatic heterocycles. The van der Waals surface area contributed by atoms with Gasteiger partial charge >= 0.3 is 5.97 Å². The molecule has 3 rings (SSSR count). The largest absolute Gasteiger partial charge is 0.469 e. The van der Waals surface area contributed by atoms with Gasteiger partial charge < -0.3 is 9.64 Å². The lowest BCUT2D eigenvalue weighted by atomic mass is 9.81. The molecule has 0 spiro atoms. The van der Waals surface area contributed by atoms with Crippen LogP contribution in [0.1, 0.15) is 31.9 Å². The summed E-state index contributed by atoms with van der Waals surface area (Å²) in [6.07, 6.45) is 4.75. The Hall–Kier alpha value is -1.72. The highest BCUT2D eigenvalue weighted by Gasteiger charge is 2.56. The van der Waals surface area contributed by atoms with Crippen molar-refractivity contribution < 1.29 is 13.9 Å². The van der Waals surface area contributed by atoms with Crippen LogP contribution in [0.2, 0.25) is 0 Å². The van der Waals surface area contributed by atoms with E-state index in [0.29, 0.717) is 31.0 Å². The highest BCUT2D eigenvalue weighted by atomic mass is 19.1. The number of nitrogens with zero attached hydrogens (tertiary/aromatic N) is 3. The highest BCUT2D eigenvalue weighted by molar-refractivity contribution is 5.79. The van der Waals surface area contributed by atoms with Gasteiger partial charge in [-0.3, -0.25) is 4.79 Å². The van der Waals surface area contributed by atoms with Crippen molar-refractivity contribution in [2.45, 2.75) is 32.6 Å². The highest BCUT2D eigenvalue weighted by Crippen LogP contribution is 2.50. The van der Waals surface area contributed by atoms with Gasteiger partial charge in [-0.2, -0.15) is 0 Å². The predicted molar refractivity (Wildman–Crippen MR) is 75.4 cm³/mol. The number of aromatic nitrogens is 2. The second-order valence-electron chi connectivity index (χ2n) is 5.93. The maximum Gasteiger partial charge on any atom is 0.313 e. The maximum atomic E-state index is 14.4. The molecule has 21 heavy (non-hydrogen) atoms. The Morgan fingerprint density at radius 2 is 2.38 bits per heavy atom. The number of halogens is 1. The molecule has 5 nitrogen and oxygen atoms in total. The Morgan fingerprint density at radius 3 is 3.10 bits per heavy atom. The van der Waals surface area contributed by atoms with Gasteiger partial charge in [0.25, 0.3) is 0 Å². The zero-order valence-electron chi connectivity index (χ0n) is 12.4. The lowest BCUT2D eigenvalue weighted by molar-refractivity contribution is -0.152. The Balaban J connectivity index is 1.92. The van der Waals surface area contributed by atoms with E-state index in [1.807, 2.05) is 11.8 Å². The Bertz CT molecular complexity index is 566. The summed E-state index contributed by atoms with van der Waals surface area (Å²) in [7, 11) is 1.43. The second kappa shape index (κ2) is 5.24. The molecule has 2 atom stereocenters. The van der Waals surface area contributed by atoms with Crippen LogP contribution in [0.4, 0.5) is 10.2 Å². The second-order valence-corrected chi connectivity index (χ2v) is 5.93. The SMILES string of the molecule is CCc1ncnc(N2CC3CCCC3(C(=O)OC)C2)c1F. The first-order chi connectivity index (χ1) is 10.1. The number of hydrogen-bond acceptors (Lipinski definition) is 5. The van der Waals surface area contributed by atoms with Crippen molar-refractivity contribution in [3.05, 3.63) is 17.8 Å². The molecule has 0 bridgehead atoms. The topological polar surface area (TPSA) is 55.3 Å². The lowest BCUT2D eigenvalue weighted by Gasteiger charge is -2.25. The number of carbonyl (C=O) groups excluding carboxylic acids is 1. The Morgan fingerprint density at radius 1 is 1.57 bits per heavy atom. The standard InChI is InChI=1S/C15H20FN3O2/c1-3-11-12(16)13(18-9-17-11)19-7-10-5-4-6-15(10,8-19)14(20)21-2/h9-10H,3-8H2,1-2H3. The molecule has 0 aromatic carbocycles. The van der Waals surface area contributed by atoms with Crippen molar-refractivity contribution in [3.63, 3.8) is 0 Å². The molecule has 0 amide bonds. The van der Waals surface area contributed by atoms with Crippen molar-refractivity contribution in [2.75, 3.05) is 25.1 Å². The number of carbonyl (C=O) groups is 1. The molecule has 1 aromatic rings. The van der Waals surface area contributed by atoms with Crippen LogP contribution in [0, 0.1) is 17.2 Å². The normalized spacial score (nSPS) is 27.8. The van der Waals surface area contributed by atoms with E-state index in [1.54, 1.807) is 0 Å². The van der Waals surface area contributed by atoms with Gasteiger partial charge in [-0.1, -0.05) is 13.3 Å². The molecule has 1 aromatic heterocycles. The molecular weight excluding hydrogens is 273 g/mol. The summed E-state index contributed by atoms with van der Waals surface area (Å²) < 4.78 is 19.4. The average Bonchev–Trinajstić information content (AvgIpc) is 3.04. The predicted octanol–water partition coefficient (Wildman–Crippen LogP) is 1.96. The first-order valence-corrected chi connectivity index (χ1v) is 7.45. The third-order valence-electron chi connectivity index (χ3n) is 4.94. The number of aryl methyl sites for hydroxylation is 1. The molecule has 2 aliphatic rings. The van der Waals surface area contributed by atoms with Gasteiger partial charge in [-0.15, -0.1) is 0 Å². The summed E-state index contributed by atoms with van der Waals surface area (Å²) in [6.45, 7) is 3.01. The number of hydrogen-bond donors (Lipinski definition) is 0. The first kappa shape index (κ1) is 14.2. The number of methoxy groups -OCH3 is 1. The summed E-state index contributed by atoms with van der Waals surface area (Å²) in [5, 5.41) is 0. The Labute approximate surface area is 123 Å². The van der Waals surface area contributed by atoms with Gasteiger partial charge in [-0.25, -0.2) is 14.4 Å². The molecule has 1 saturated carbocycles. The molecule has 1 aliphatic carbocycles. The number of rotatable bonds is 3. The van der Waals surface area contributed by atoms with Crippen LogP contribution < -0.4 is 4.90 Å². The minimum Gasteiger partial charge on any atom is -0.469 e. The Kier molecular flexibility index (Phi) is 3.55. The molecule has 6 heteroatoms. The number of anilines is 1. The van der Waals surface area contributed by atoms with Crippen LogP contribution in [0.3, 0.4) is 0 Å². The van der Waals surface area contributed by atoms with Gasteiger partial charge in [-0.05, 0) is 25.2 Å². The van der Waals surface area contributed by atoms with Crippen molar-refractivity contribution >= 4 is 11.8 Å². The third kappa shape index (κ3) is 2.08. The van der Waals surface area contributed by atoms with E-state index in [1.165, 1.54) is 13.4 Å². The number of ether oxygens (including phenoxy) is 1. The molecule has 1 saturated heterocycles. The quantitative estimate of drug-likeness (QED) is 0.797. The summed E-state index contributed by atoms with van der Waals surface area (Å²) in [5.41, 5.74) is -0.0670. The minimum atomic E-state index is -0.488. The zero-order chi connectivity index (χ0) is 15.0. The fourth-order valence-corrected chi connectivity index (χ4v) is 3.85. The molecule has 2 heterocycles. The van der Waals surface area contributed by atoms with E-state index in [0.717, 1.165) is 19.3 Å². The van der Waals surface area contributed by atoms with E-state index in [4.69, 9.17) is 4.74 Å². The summed E-state index contributed by atoms with van der Waals surface area (Å²) in [5.74, 6) is 0.0154. The van der Waals surface area contributed by atoms with Gasteiger partial charge in [0.15, 0.2) is 11.6 Å². The van der Waals surface area contributed by atoms with Crippen LogP contribution in [0.25, 0.3) is 0 Å². The van der Waals surface area contributed by atoms with Crippen molar-refractivity contribution in [3.8, 4) is 0 Å². The smallest absolute Gasteiger partial charge is 0.313 e. The fourth-order valence-electron chi connectivity index (χ4n) is 3.85. The summed E-state index contributed by atoms with van der Waals surface area (Å²) >= 11 is 0. The number of fused-ring (bicyclic) bond motifs is 1. The van der Waals surface area contributed by atoms with Crippen molar-refractivity contribution in [1.82, 2.24) is 9.97 Å². The van der Waals surface area contributed by atoms with E-state index in [-0.39, 0.29) is 17.7 Å².